The fraction of sp³-hybridized carbons (Fsp3) is 0.286. The summed E-state index contributed by atoms with van der Waals surface area (Å²) >= 11 is 12.1. The van der Waals surface area contributed by atoms with Gasteiger partial charge in [0.15, 0.2) is 0 Å². The molecule has 0 saturated carbocycles. The lowest BCUT2D eigenvalue weighted by atomic mass is 10.2. The summed E-state index contributed by atoms with van der Waals surface area (Å²) in [6, 6.07) is 7.55. The SMILES string of the molecule is CCc1nc(Cl)c(C)c(OCc2ccccc2Cl)n1. The van der Waals surface area contributed by atoms with Crippen LogP contribution in [0.3, 0.4) is 0 Å². The lowest BCUT2D eigenvalue weighted by Gasteiger charge is -2.11. The molecule has 19 heavy (non-hydrogen) atoms. The summed E-state index contributed by atoms with van der Waals surface area (Å²) in [7, 11) is 0. The molecule has 0 unspecified atom stereocenters. The Balaban J connectivity index is 2.20. The van der Waals surface area contributed by atoms with E-state index >= 15 is 0 Å². The van der Waals surface area contributed by atoms with Crippen molar-refractivity contribution in [1.29, 1.82) is 0 Å². The van der Waals surface area contributed by atoms with E-state index in [-0.39, 0.29) is 0 Å². The Labute approximate surface area is 122 Å². The summed E-state index contributed by atoms with van der Waals surface area (Å²) < 4.78 is 5.71. The van der Waals surface area contributed by atoms with E-state index in [0.717, 1.165) is 11.1 Å². The van der Waals surface area contributed by atoms with Gasteiger partial charge in [0, 0.05) is 22.6 Å². The number of benzene rings is 1. The van der Waals surface area contributed by atoms with Crippen molar-refractivity contribution < 1.29 is 4.74 Å². The van der Waals surface area contributed by atoms with Gasteiger partial charge in [-0.3, -0.25) is 0 Å². The second-order valence-corrected chi connectivity index (χ2v) is 4.86. The predicted octanol–water partition coefficient (Wildman–Crippen LogP) is 4.23. The predicted molar refractivity (Wildman–Crippen MR) is 76.9 cm³/mol. The van der Waals surface area contributed by atoms with E-state index in [9.17, 15) is 0 Å². The number of nitrogens with zero attached hydrogens (tertiary/aromatic N) is 2. The van der Waals surface area contributed by atoms with Crippen molar-refractivity contribution in [1.82, 2.24) is 9.97 Å². The minimum atomic E-state index is 0.358. The number of aryl methyl sites for hydroxylation is 1. The van der Waals surface area contributed by atoms with Gasteiger partial charge in [-0.1, -0.05) is 48.3 Å². The minimum absolute atomic E-state index is 0.358. The molecule has 0 fully saturated rings. The number of aromatic nitrogens is 2. The van der Waals surface area contributed by atoms with Gasteiger partial charge in [0.1, 0.15) is 17.6 Å². The van der Waals surface area contributed by atoms with Crippen LogP contribution in [0.15, 0.2) is 24.3 Å². The molecule has 0 radical (unpaired) electrons. The molecule has 1 aromatic heterocycles. The molecule has 0 amide bonds. The van der Waals surface area contributed by atoms with E-state index < -0.39 is 0 Å². The number of hydrogen-bond donors (Lipinski definition) is 0. The third-order valence-corrected chi connectivity index (χ3v) is 3.46. The quantitative estimate of drug-likeness (QED) is 0.792. The van der Waals surface area contributed by atoms with Gasteiger partial charge in [0.05, 0.1) is 0 Å². The molecule has 1 heterocycles. The fourth-order valence-corrected chi connectivity index (χ4v) is 1.94. The van der Waals surface area contributed by atoms with Crippen LogP contribution in [0.25, 0.3) is 0 Å². The van der Waals surface area contributed by atoms with Crippen molar-refractivity contribution in [2.45, 2.75) is 26.9 Å². The molecule has 0 saturated heterocycles. The summed E-state index contributed by atoms with van der Waals surface area (Å²) in [4.78, 5) is 8.51. The van der Waals surface area contributed by atoms with Gasteiger partial charge in [0.2, 0.25) is 5.88 Å². The summed E-state index contributed by atoms with van der Waals surface area (Å²) in [5, 5.41) is 1.11. The molecule has 3 nitrogen and oxygen atoms in total. The average molecular weight is 297 g/mol. The molecule has 0 atom stereocenters. The molecular weight excluding hydrogens is 283 g/mol. The lowest BCUT2D eigenvalue weighted by Crippen LogP contribution is -2.04. The first-order chi connectivity index (χ1) is 9.11. The molecule has 0 aliphatic rings. The molecule has 0 aliphatic heterocycles. The third-order valence-electron chi connectivity index (χ3n) is 2.73. The van der Waals surface area contributed by atoms with Gasteiger partial charge in [-0.15, -0.1) is 0 Å². The maximum absolute atomic E-state index is 6.08. The highest BCUT2D eigenvalue weighted by molar-refractivity contribution is 6.31. The molecule has 0 N–H and O–H groups in total. The molecule has 1 aromatic carbocycles. The van der Waals surface area contributed by atoms with E-state index in [1.807, 2.05) is 38.1 Å². The first kappa shape index (κ1) is 14.1. The van der Waals surface area contributed by atoms with Crippen LogP contribution >= 0.6 is 23.2 Å². The van der Waals surface area contributed by atoms with E-state index in [1.54, 1.807) is 0 Å². The number of rotatable bonds is 4. The molecule has 100 valence electrons. The Bertz CT molecular complexity index is 588. The molecule has 5 heteroatoms. The summed E-state index contributed by atoms with van der Waals surface area (Å²) in [5.74, 6) is 1.18. The van der Waals surface area contributed by atoms with Crippen molar-refractivity contribution in [2.75, 3.05) is 0 Å². The number of halogens is 2. The average Bonchev–Trinajstić information content (AvgIpc) is 2.42. The molecule has 2 aromatic rings. The van der Waals surface area contributed by atoms with Crippen molar-refractivity contribution in [3.8, 4) is 5.88 Å². The fourth-order valence-electron chi connectivity index (χ4n) is 1.57. The number of ether oxygens (including phenoxy) is 1. The molecule has 2 rings (SSSR count). The maximum atomic E-state index is 6.08. The normalized spacial score (nSPS) is 10.5. The summed E-state index contributed by atoms with van der Waals surface area (Å²) in [5.41, 5.74) is 1.65. The van der Waals surface area contributed by atoms with Crippen molar-refractivity contribution in [3.63, 3.8) is 0 Å². The van der Waals surface area contributed by atoms with Crippen LogP contribution in [0, 0.1) is 6.92 Å². The second-order valence-electron chi connectivity index (χ2n) is 4.09. The highest BCUT2D eigenvalue weighted by Gasteiger charge is 2.10. The van der Waals surface area contributed by atoms with E-state index in [0.29, 0.717) is 34.9 Å². The molecule has 0 spiro atoms. The first-order valence-electron chi connectivity index (χ1n) is 6.01. The summed E-state index contributed by atoms with van der Waals surface area (Å²) in [6.45, 7) is 4.17. The monoisotopic (exact) mass is 296 g/mol. The van der Waals surface area contributed by atoms with Gasteiger partial charge in [-0.25, -0.2) is 4.98 Å². The zero-order valence-electron chi connectivity index (χ0n) is 10.8. The van der Waals surface area contributed by atoms with Gasteiger partial charge in [-0.05, 0) is 13.0 Å². The Morgan fingerprint density at radius 1 is 1.16 bits per heavy atom. The van der Waals surface area contributed by atoms with E-state index in [2.05, 4.69) is 9.97 Å². The smallest absolute Gasteiger partial charge is 0.221 e. The molecule has 0 aliphatic carbocycles. The molecular formula is C14H14Cl2N2O. The zero-order chi connectivity index (χ0) is 13.8. The van der Waals surface area contributed by atoms with Crippen molar-refractivity contribution in [3.05, 3.63) is 51.4 Å². The topological polar surface area (TPSA) is 35.0 Å². The van der Waals surface area contributed by atoms with Crippen molar-refractivity contribution >= 4 is 23.2 Å². The Morgan fingerprint density at radius 3 is 2.58 bits per heavy atom. The standard InChI is InChI=1S/C14H14Cl2N2O/c1-3-12-17-13(16)9(2)14(18-12)19-8-10-6-4-5-7-11(10)15/h4-7H,3,8H2,1-2H3. The van der Waals surface area contributed by atoms with E-state index in [4.69, 9.17) is 27.9 Å². The zero-order valence-corrected chi connectivity index (χ0v) is 12.3. The van der Waals surface area contributed by atoms with Crippen LogP contribution in [0.5, 0.6) is 5.88 Å². The highest BCUT2D eigenvalue weighted by atomic mass is 35.5. The molecule has 0 bridgehead atoms. The second kappa shape index (κ2) is 6.22. The van der Waals surface area contributed by atoms with Gasteiger partial charge >= 0.3 is 0 Å². The van der Waals surface area contributed by atoms with Crippen LogP contribution in [-0.2, 0) is 13.0 Å². The highest BCUT2D eigenvalue weighted by Crippen LogP contribution is 2.24. The van der Waals surface area contributed by atoms with Crippen LogP contribution in [-0.4, -0.2) is 9.97 Å². The summed E-state index contributed by atoms with van der Waals surface area (Å²) in [6.07, 6.45) is 0.711. The third kappa shape index (κ3) is 3.37. The van der Waals surface area contributed by atoms with Crippen LogP contribution in [0.4, 0.5) is 0 Å². The Hall–Kier alpha value is -1.32. The Morgan fingerprint density at radius 2 is 1.89 bits per heavy atom. The van der Waals surface area contributed by atoms with Crippen molar-refractivity contribution in [2.24, 2.45) is 0 Å². The van der Waals surface area contributed by atoms with Crippen LogP contribution in [0.1, 0.15) is 23.9 Å². The van der Waals surface area contributed by atoms with Crippen LogP contribution < -0.4 is 4.74 Å². The van der Waals surface area contributed by atoms with Gasteiger partial charge in [-0.2, -0.15) is 4.98 Å². The van der Waals surface area contributed by atoms with Gasteiger partial charge < -0.3 is 4.74 Å². The lowest BCUT2D eigenvalue weighted by molar-refractivity contribution is 0.290. The minimum Gasteiger partial charge on any atom is -0.472 e. The number of hydrogen-bond acceptors (Lipinski definition) is 3. The van der Waals surface area contributed by atoms with E-state index in [1.165, 1.54) is 0 Å². The largest absolute Gasteiger partial charge is 0.472 e. The van der Waals surface area contributed by atoms with Gasteiger partial charge in [0.25, 0.3) is 0 Å². The van der Waals surface area contributed by atoms with Crippen LogP contribution in [0.2, 0.25) is 10.2 Å². The maximum Gasteiger partial charge on any atom is 0.221 e. The Kier molecular flexibility index (Phi) is 4.61. The first-order valence-corrected chi connectivity index (χ1v) is 6.76.